The second kappa shape index (κ2) is 5.65. The Labute approximate surface area is 106 Å². The van der Waals surface area contributed by atoms with Crippen molar-refractivity contribution < 1.29 is 14.6 Å². The summed E-state index contributed by atoms with van der Waals surface area (Å²) in [6, 6.07) is 13.5. The van der Waals surface area contributed by atoms with Crippen molar-refractivity contribution in [3.05, 3.63) is 48.0 Å². The summed E-state index contributed by atoms with van der Waals surface area (Å²) in [5.74, 6) is -0.946. The molecule has 1 N–H and O–H groups in total. The molecule has 3 nitrogen and oxygen atoms in total. The number of carboxylic acids is 1. The van der Waals surface area contributed by atoms with E-state index in [9.17, 15) is 9.90 Å². The molecule has 0 aliphatic heterocycles. The minimum absolute atomic E-state index is 0.448. The van der Waals surface area contributed by atoms with Gasteiger partial charge in [0, 0.05) is 6.61 Å². The zero-order valence-corrected chi connectivity index (χ0v) is 10.3. The summed E-state index contributed by atoms with van der Waals surface area (Å²) in [6.07, 6.45) is -0.0771. The van der Waals surface area contributed by atoms with Crippen LogP contribution in [0.15, 0.2) is 42.5 Å². The molecule has 0 radical (unpaired) electrons. The first-order valence-corrected chi connectivity index (χ1v) is 6.05. The largest absolute Gasteiger partial charge is 0.479 e. The quantitative estimate of drug-likeness (QED) is 0.876. The Kier molecular flexibility index (Phi) is 3.95. The normalized spacial score (nSPS) is 12.5. The SMILES string of the molecule is CCCOC(C(=O)O)c1ccc2ccccc2c1. The number of hydrogen-bond donors (Lipinski definition) is 1. The number of carboxylic acid groups (broad SMARTS) is 1. The molecule has 0 saturated heterocycles. The van der Waals surface area contributed by atoms with Crippen LogP contribution in [0.3, 0.4) is 0 Å². The highest BCUT2D eigenvalue weighted by atomic mass is 16.5. The van der Waals surface area contributed by atoms with Gasteiger partial charge in [-0.15, -0.1) is 0 Å². The predicted octanol–water partition coefficient (Wildman–Crippen LogP) is 3.39. The van der Waals surface area contributed by atoms with Gasteiger partial charge in [-0.3, -0.25) is 0 Å². The van der Waals surface area contributed by atoms with Crippen molar-refractivity contribution in [1.29, 1.82) is 0 Å². The average Bonchev–Trinajstić information content (AvgIpc) is 2.38. The van der Waals surface area contributed by atoms with Crippen LogP contribution in [0.2, 0.25) is 0 Å². The van der Waals surface area contributed by atoms with Crippen LogP contribution in [0.25, 0.3) is 10.8 Å². The second-order valence-corrected chi connectivity index (χ2v) is 4.20. The standard InChI is InChI=1S/C15H16O3/c1-2-9-18-14(15(16)17)13-8-7-11-5-3-4-6-12(11)10-13/h3-8,10,14H,2,9H2,1H3,(H,16,17). The molecule has 0 bridgehead atoms. The highest BCUT2D eigenvalue weighted by Crippen LogP contribution is 2.23. The third-order valence-electron chi connectivity index (χ3n) is 2.79. The molecule has 0 fully saturated rings. The van der Waals surface area contributed by atoms with E-state index < -0.39 is 12.1 Å². The van der Waals surface area contributed by atoms with Gasteiger partial charge in [-0.2, -0.15) is 0 Å². The third kappa shape index (κ3) is 2.68. The lowest BCUT2D eigenvalue weighted by molar-refractivity contribution is -0.150. The van der Waals surface area contributed by atoms with Gasteiger partial charge in [0.1, 0.15) is 0 Å². The van der Waals surface area contributed by atoms with E-state index in [1.807, 2.05) is 49.4 Å². The van der Waals surface area contributed by atoms with Crippen molar-refractivity contribution in [1.82, 2.24) is 0 Å². The number of fused-ring (bicyclic) bond motifs is 1. The van der Waals surface area contributed by atoms with E-state index in [0.29, 0.717) is 12.2 Å². The molecule has 1 atom stereocenters. The second-order valence-electron chi connectivity index (χ2n) is 4.20. The van der Waals surface area contributed by atoms with Crippen LogP contribution in [0, 0.1) is 0 Å². The summed E-state index contributed by atoms with van der Waals surface area (Å²) in [4.78, 5) is 11.2. The lowest BCUT2D eigenvalue weighted by atomic mass is 10.0. The third-order valence-corrected chi connectivity index (χ3v) is 2.79. The molecular formula is C15H16O3. The van der Waals surface area contributed by atoms with Crippen LogP contribution in [0.4, 0.5) is 0 Å². The van der Waals surface area contributed by atoms with Gasteiger partial charge in [0.05, 0.1) is 0 Å². The molecule has 94 valence electrons. The van der Waals surface area contributed by atoms with Gasteiger partial charge in [0.25, 0.3) is 0 Å². The number of hydrogen-bond acceptors (Lipinski definition) is 2. The topological polar surface area (TPSA) is 46.5 Å². The first-order valence-electron chi connectivity index (χ1n) is 6.05. The molecule has 0 saturated carbocycles. The zero-order chi connectivity index (χ0) is 13.0. The van der Waals surface area contributed by atoms with Crippen LogP contribution in [-0.4, -0.2) is 17.7 Å². The summed E-state index contributed by atoms with van der Waals surface area (Å²) in [6.45, 7) is 2.41. The minimum atomic E-state index is -0.946. The van der Waals surface area contributed by atoms with Crippen LogP contribution in [-0.2, 0) is 9.53 Å². The van der Waals surface area contributed by atoms with Gasteiger partial charge >= 0.3 is 5.97 Å². The van der Waals surface area contributed by atoms with E-state index >= 15 is 0 Å². The van der Waals surface area contributed by atoms with Crippen molar-refractivity contribution in [2.45, 2.75) is 19.4 Å². The molecule has 0 amide bonds. The van der Waals surface area contributed by atoms with Gasteiger partial charge in [-0.05, 0) is 28.8 Å². The molecule has 0 aromatic heterocycles. The van der Waals surface area contributed by atoms with E-state index in [2.05, 4.69) is 0 Å². The maximum absolute atomic E-state index is 11.2. The fraction of sp³-hybridized carbons (Fsp3) is 0.267. The van der Waals surface area contributed by atoms with Gasteiger partial charge in [-0.25, -0.2) is 4.79 Å². The fourth-order valence-corrected chi connectivity index (χ4v) is 1.92. The Balaban J connectivity index is 2.35. The minimum Gasteiger partial charge on any atom is -0.479 e. The van der Waals surface area contributed by atoms with Crippen molar-refractivity contribution in [2.75, 3.05) is 6.61 Å². The Hall–Kier alpha value is -1.87. The molecule has 0 aliphatic rings. The number of carbonyl (C=O) groups is 1. The van der Waals surface area contributed by atoms with E-state index in [1.54, 1.807) is 0 Å². The van der Waals surface area contributed by atoms with Crippen LogP contribution in [0.1, 0.15) is 25.0 Å². The van der Waals surface area contributed by atoms with Crippen LogP contribution >= 0.6 is 0 Å². The zero-order valence-electron chi connectivity index (χ0n) is 10.3. The van der Waals surface area contributed by atoms with E-state index in [4.69, 9.17) is 4.74 Å². The Morgan fingerprint density at radius 3 is 2.61 bits per heavy atom. The maximum atomic E-state index is 11.2. The maximum Gasteiger partial charge on any atom is 0.337 e. The average molecular weight is 244 g/mol. The first-order chi connectivity index (χ1) is 8.72. The Morgan fingerprint density at radius 1 is 1.22 bits per heavy atom. The molecule has 0 aliphatic carbocycles. The monoisotopic (exact) mass is 244 g/mol. The van der Waals surface area contributed by atoms with Crippen molar-refractivity contribution in [3.8, 4) is 0 Å². The van der Waals surface area contributed by atoms with Crippen LogP contribution in [0.5, 0.6) is 0 Å². The lowest BCUT2D eigenvalue weighted by Crippen LogP contribution is -2.15. The van der Waals surface area contributed by atoms with Gasteiger partial charge < -0.3 is 9.84 Å². The summed E-state index contributed by atoms with van der Waals surface area (Å²) in [5.41, 5.74) is 0.689. The van der Waals surface area contributed by atoms with E-state index in [0.717, 1.165) is 17.2 Å². The number of benzene rings is 2. The Morgan fingerprint density at radius 2 is 1.94 bits per heavy atom. The molecule has 2 aromatic carbocycles. The smallest absolute Gasteiger partial charge is 0.337 e. The first kappa shape index (κ1) is 12.6. The van der Waals surface area contributed by atoms with Crippen molar-refractivity contribution in [3.63, 3.8) is 0 Å². The van der Waals surface area contributed by atoms with Gasteiger partial charge in [-0.1, -0.05) is 43.3 Å². The molecule has 2 rings (SSSR count). The lowest BCUT2D eigenvalue weighted by Gasteiger charge is -2.14. The Bertz CT molecular complexity index is 548. The summed E-state index contributed by atoms with van der Waals surface area (Å²) < 4.78 is 5.39. The van der Waals surface area contributed by atoms with Crippen molar-refractivity contribution in [2.24, 2.45) is 0 Å². The van der Waals surface area contributed by atoms with E-state index in [-0.39, 0.29) is 0 Å². The van der Waals surface area contributed by atoms with Gasteiger partial charge in [0.2, 0.25) is 0 Å². The highest BCUT2D eigenvalue weighted by Gasteiger charge is 2.20. The number of ether oxygens (including phenoxy) is 1. The molecule has 0 heterocycles. The predicted molar refractivity (Wildman–Crippen MR) is 70.6 cm³/mol. The number of rotatable bonds is 5. The summed E-state index contributed by atoms with van der Waals surface area (Å²) in [5, 5.41) is 11.3. The van der Waals surface area contributed by atoms with Crippen molar-refractivity contribution >= 4 is 16.7 Å². The van der Waals surface area contributed by atoms with Crippen LogP contribution < -0.4 is 0 Å². The fourth-order valence-electron chi connectivity index (χ4n) is 1.92. The molecular weight excluding hydrogens is 228 g/mol. The molecule has 0 spiro atoms. The summed E-state index contributed by atoms with van der Waals surface area (Å²) >= 11 is 0. The number of aliphatic carboxylic acids is 1. The van der Waals surface area contributed by atoms with Gasteiger partial charge in [0.15, 0.2) is 6.10 Å². The molecule has 2 aromatic rings. The summed E-state index contributed by atoms with van der Waals surface area (Å²) in [7, 11) is 0. The van der Waals surface area contributed by atoms with E-state index in [1.165, 1.54) is 0 Å². The molecule has 3 heteroatoms. The highest BCUT2D eigenvalue weighted by molar-refractivity contribution is 5.85. The molecule has 1 unspecified atom stereocenters. The molecule has 18 heavy (non-hydrogen) atoms.